The van der Waals surface area contributed by atoms with E-state index in [1.165, 1.54) is 0 Å². The molecule has 7 nitrogen and oxygen atoms in total. The second kappa shape index (κ2) is 6.68. The summed E-state index contributed by atoms with van der Waals surface area (Å²) in [5.41, 5.74) is 2.53. The number of carboxylic acids is 1. The van der Waals surface area contributed by atoms with Crippen LogP contribution in [0.2, 0.25) is 0 Å². The van der Waals surface area contributed by atoms with Crippen molar-refractivity contribution < 1.29 is 19.2 Å². The molecule has 0 aliphatic carbocycles. The van der Waals surface area contributed by atoms with Crippen molar-refractivity contribution in [1.82, 2.24) is 15.4 Å². The molecule has 0 aliphatic rings. The molecule has 8 heteroatoms. The van der Waals surface area contributed by atoms with Crippen LogP contribution in [-0.2, 0) is 16.3 Å². The van der Waals surface area contributed by atoms with E-state index in [0.717, 1.165) is 5.56 Å². The van der Waals surface area contributed by atoms with Crippen molar-refractivity contribution in [2.75, 3.05) is 0 Å². The lowest BCUT2D eigenvalue weighted by Gasteiger charge is -2.23. The number of aryl methyl sites for hydroxylation is 2. The third-order valence-corrected chi connectivity index (χ3v) is 3.92. The molecule has 0 radical (unpaired) electrons. The number of hydrogen-bond acceptors (Lipinski definition) is 6. The van der Waals surface area contributed by atoms with Crippen LogP contribution in [0.3, 0.4) is 0 Å². The molecule has 25 heavy (non-hydrogen) atoms. The fourth-order valence-electron chi connectivity index (χ4n) is 2.39. The molecule has 0 amide bonds. The van der Waals surface area contributed by atoms with E-state index in [4.69, 9.17) is 26.0 Å². The van der Waals surface area contributed by atoms with Gasteiger partial charge in [-0.2, -0.15) is 5.10 Å². The second-order valence-corrected chi connectivity index (χ2v) is 6.54. The van der Waals surface area contributed by atoms with Crippen molar-refractivity contribution in [2.24, 2.45) is 0 Å². The van der Waals surface area contributed by atoms with Crippen molar-refractivity contribution in [3.8, 4) is 5.75 Å². The summed E-state index contributed by atoms with van der Waals surface area (Å²) in [6.07, 6.45) is 1.88. The molecule has 1 N–H and O–H groups in total. The monoisotopic (exact) mass is 361 g/mol. The molecule has 0 aliphatic heterocycles. The van der Waals surface area contributed by atoms with E-state index >= 15 is 0 Å². The summed E-state index contributed by atoms with van der Waals surface area (Å²) in [6.45, 7) is 3.57. The SMILES string of the molecule is Cc1cnnc([C@@](C)(Cl)Oc2ccc3onc(CCC(=O)O)c3c2)c1. The van der Waals surface area contributed by atoms with Gasteiger partial charge in [0.05, 0.1) is 18.3 Å². The second-order valence-electron chi connectivity index (χ2n) is 5.82. The first-order valence-electron chi connectivity index (χ1n) is 7.63. The van der Waals surface area contributed by atoms with Crippen LogP contribution in [0.25, 0.3) is 11.0 Å². The van der Waals surface area contributed by atoms with Crippen LogP contribution in [0.1, 0.15) is 30.3 Å². The van der Waals surface area contributed by atoms with Gasteiger partial charge >= 0.3 is 5.97 Å². The molecule has 2 heterocycles. The third kappa shape index (κ3) is 3.88. The minimum absolute atomic E-state index is 0.0289. The first-order chi connectivity index (χ1) is 11.8. The Hall–Kier alpha value is -2.67. The van der Waals surface area contributed by atoms with E-state index in [1.807, 2.05) is 6.92 Å². The van der Waals surface area contributed by atoms with Gasteiger partial charge in [0.15, 0.2) is 5.58 Å². The smallest absolute Gasteiger partial charge is 0.303 e. The number of ether oxygens (including phenoxy) is 1. The predicted octanol–water partition coefficient (Wildman–Crippen LogP) is 3.43. The summed E-state index contributed by atoms with van der Waals surface area (Å²) >= 11 is 6.49. The van der Waals surface area contributed by atoms with Gasteiger partial charge in [0.1, 0.15) is 11.4 Å². The number of halogens is 1. The van der Waals surface area contributed by atoms with Crippen molar-refractivity contribution in [2.45, 2.75) is 31.7 Å². The molecule has 0 unspecified atom stereocenters. The van der Waals surface area contributed by atoms with Crippen LogP contribution in [0.5, 0.6) is 5.75 Å². The molecule has 2 aromatic heterocycles. The molecule has 0 fully saturated rings. The molecule has 1 aromatic carbocycles. The van der Waals surface area contributed by atoms with E-state index in [2.05, 4.69) is 15.4 Å². The number of fused-ring (bicyclic) bond motifs is 1. The van der Waals surface area contributed by atoms with Gasteiger partial charge in [-0.3, -0.25) is 4.79 Å². The van der Waals surface area contributed by atoms with E-state index in [-0.39, 0.29) is 12.8 Å². The third-order valence-electron chi connectivity index (χ3n) is 3.65. The number of hydrogen-bond donors (Lipinski definition) is 1. The maximum Gasteiger partial charge on any atom is 0.303 e. The first-order valence-corrected chi connectivity index (χ1v) is 8.01. The molecule has 1 atom stereocenters. The molecule has 130 valence electrons. The Labute approximate surface area is 148 Å². The van der Waals surface area contributed by atoms with E-state index < -0.39 is 11.0 Å². The first kappa shape index (κ1) is 17.2. The van der Waals surface area contributed by atoms with Crippen LogP contribution < -0.4 is 4.74 Å². The minimum Gasteiger partial charge on any atom is -0.481 e. The standard InChI is InChI=1S/C17H16ClN3O4/c1-10-7-15(20-19-9-10)17(2,18)24-11-3-5-14-12(8-11)13(21-25-14)4-6-16(22)23/h3,5,7-9H,4,6H2,1-2H3,(H,22,23)/t17-/m0/s1. The largest absolute Gasteiger partial charge is 0.481 e. The van der Waals surface area contributed by atoms with Gasteiger partial charge in [-0.15, -0.1) is 5.10 Å². The van der Waals surface area contributed by atoms with Crippen molar-refractivity contribution in [1.29, 1.82) is 0 Å². The lowest BCUT2D eigenvalue weighted by molar-refractivity contribution is -0.136. The normalized spacial score (nSPS) is 13.6. The highest BCUT2D eigenvalue weighted by Gasteiger charge is 2.28. The Kier molecular flexibility index (Phi) is 4.59. The topological polar surface area (TPSA) is 98.3 Å². The molecule has 3 rings (SSSR count). The molecule has 3 aromatic rings. The van der Waals surface area contributed by atoms with Gasteiger partial charge in [0.25, 0.3) is 0 Å². The summed E-state index contributed by atoms with van der Waals surface area (Å²) in [7, 11) is 0. The average Bonchev–Trinajstić information content (AvgIpc) is 2.95. The van der Waals surface area contributed by atoms with Crippen LogP contribution in [-0.4, -0.2) is 26.4 Å². The van der Waals surface area contributed by atoms with Crippen molar-refractivity contribution in [3.05, 3.63) is 47.4 Å². The lowest BCUT2D eigenvalue weighted by Crippen LogP contribution is -2.24. The molecule has 0 bridgehead atoms. The van der Waals surface area contributed by atoms with Gasteiger partial charge < -0.3 is 14.4 Å². The van der Waals surface area contributed by atoms with E-state index in [9.17, 15) is 4.79 Å². The molecule has 0 saturated carbocycles. The van der Waals surface area contributed by atoms with E-state index in [1.54, 1.807) is 37.4 Å². The van der Waals surface area contributed by atoms with Crippen LogP contribution in [0, 0.1) is 6.92 Å². The predicted molar refractivity (Wildman–Crippen MR) is 90.6 cm³/mol. The lowest BCUT2D eigenvalue weighted by atomic mass is 10.1. The Morgan fingerprint density at radius 3 is 2.92 bits per heavy atom. The number of aromatic nitrogens is 3. The highest BCUT2D eigenvalue weighted by molar-refractivity contribution is 6.22. The van der Waals surface area contributed by atoms with Crippen LogP contribution in [0.15, 0.2) is 35.0 Å². The highest BCUT2D eigenvalue weighted by atomic mass is 35.5. The molecular weight excluding hydrogens is 346 g/mol. The minimum atomic E-state index is -1.20. The summed E-state index contributed by atoms with van der Waals surface area (Å²) in [5, 5.41) is 20.2. The van der Waals surface area contributed by atoms with Crippen molar-refractivity contribution in [3.63, 3.8) is 0 Å². The zero-order chi connectivity index (χ0) is 18.0. The number of carboxylic acid groups (broad SMARTS) is 1. The number of alkyl halides is 1. The van der Waals surface area contributed by atoms with Gasteiger partial charge in [0.2, 0.25) is 5.06 Å². The number of aliphatic carboxylic acids is 1. The average molecular weight is 362 g/mol. The Bertz CT molecular complexity index is 923. The Balaban J connectivity index is 1.88. The van der Waals surface area contributed by atoms with Gasteiger partial charge in [-0.25, -0.2) is 0 Å². The van der Waals surface area contributed by atoms with Gasteiger partial charge in [0, 0.05) is 11.8 Å². The van der Waals surface area contributed by atoms with Crippen molar-refractivity contribution >= 4 is 28.5 Å². The fraction of sp³-hybridized carbons (Fsp3) is 0.294. The van der Waals surface area contributed by atoms with Gasteiger partial charge in [-0.1, -0.05) is 16.8 Å². The summed E-state index contributed by atoms with van der Waals surface area (Å²) < 4.78 is 11.1. The quantitative estimate of drug-likeness (QED) is 0.671. The van der Waals surface area contributed by atoms with Crippen LogP contribution >= 0.6 is 11.6 Å². The van der Waals surface area contributed by atoms with E-state index in [0.29, 0.717) is 28.1 Å². The summed E-state index contributed by atoms with van der Waals surface area (Å²) in [4.78, 5) is 10.8. The zero-order valence-electron chi connectivity index (χ0n) is 13.7. The fourth-order valence-corrected chi connectivity index (χ4v) is 2.57. The van der Waals surface area contributed by atoms with Gasteiger partial charge in [-0.05, 0) is 43.7 Å². The number of rotatable bonds is 6. The summed E-state index contributed by atoms with van der Waals surface area (Å²) in [5.74, 6) is -0.400. The number of nitrogens with zero attached hydrogens (tertiary/aromatic N) is 3. The maximum absolute atomic E-state index is 10.8. The zero-order valence-corrected chi connectivity index (χ0v) is 14.4. The highest BCUT2D eigenvalue weighted by Crippen LogP contribution is 2.33. The summed E-state index contributed by atoms with van der Waals surface area (Å²) in [6, 6.07) is 6.94. The number of carbonyl (C=O) groups is 1. The Morgan fingerprint density at radius 2 is 2.20 bits per heavy atom. The molecule has 0 spiro atoms. The molecular formula is C17H16ClN3O4. The maximum atomic E-state index is 10.8. The molecule has 0 saturated heterocycles. The Morgan fingerprint density at radius 1 is 1.40 bits per heavy atom. The number of benzene rings is 1. The van der Waals surface area contributed by atoms with Crippen LogP contribution in [0.4, 0.5) is 0 Å².